The van der Waals surface area contributed by atoms with Crippen molar-refractivity contribution < 1.29 is 18.7 Å². The molecule has 1 heterocycles. The van der Waals surface area contributed by atoms with Crippen LogP contribution in [0.2, 0.25) is 5.02 Å². The van der Waals surface area contributed by atoms with Crippen LogP contribution in [0, 0.1) is 5.82 Å². The molecule has 0 unspecified atom stereocenters. The fourth-order valence-corrected chi connectivity index (χ4v) is 2.89. The van der Waals surface area contributed by atoms with Gasteiger partial charge in [0.15, 0.2) is 5.76 Å². The molecule has 3 nitrogen and oxygen atoms in total. The summed E-state index contributed by atoms with van der Waals surface area (Å²) in [6.45, 7) is 0.220. The largest absolute Gasteiger partial charge is 0.489 e. The number of allylic oxidation sites excluding steroid dienone is 1. The van der Waals surface area contributed by atoms with Gasteiger partial charge in [-0.05, 0) is 53.6 Å². The van der Waals surface area contributed by atoms with E-state index >= 15 is 0 Å². The number of hydrogen-bond acceptors (Lipinski definition) is 3. The van der Waals surface area contributed by atoms with Crippen LogP contribution >= 0.6 is 11.6 Å². The van der Waals surface area contributed by atoms with E-state index in [-0.39, 0.29) is 24.0 Å². The first-order valence-electron chi connectivity index (χ1n) is 8.29. The van der Waals surface area contributed by atoms with Crippen molar-refractivity contribution in [3.63, 3.8) is 0 Å². The Morgan fingerprint density at radius 1 is 1.04 bits per heavy atom. The van der Waals surface area contributed by atoms with Crippen LogP contribution in [-0.4, -0.2) is 5.78 Å². The van der Waals surface area contributed by atoms with Gasteiger partial charge in [-0.25, -0.2) is 4.39 Å². The molecule has 5 heteroatoms. The second kappa shape index (κ2) is 7.25. The molecule has 0 spiro atoms. The molecule has 0 fully saturated rings. The number of ketones is 1. The van der Waals surface area contributed by atoms with E-state index in [1.54, 1.807) is 48.5 Å². The Balaban J connectivity index is 1.51. The Morgan fingerprint density at radius 3 is 2.63 bits per heavy atom. The van der Waals surface area contributed by atoms with Gasteiger partial charge in [0.2, 0.25) is 5.78 Å². The summed E-state index contributed by atoms with van der Waals surface area (Å²) in [7, 11) is 0. The van der Waals surface area contributed by atoms with Crippen molar-refractivity contribution in [2.24, 2.45) is 0 Å². The third-order valence-electron chi connectivity index (χ3n) is 4.10. The monoisotopic (exact) mass is 380 g/mol. The first-order chi connectivity index (χ1) is 13.1. The summed E-state index contributed by atoms with van der Waals surface area (Å²) in [4.78, 5) is 12.5. The van der Waals surface area contributed by atoms with E-state index in [1.165, 1.54) is 12.1 Å². The molecule has 0 amide bonds. The van der Waals surface area contributed by atoms with Crippen LogP contribution in [0.5, 0.6) is 11.5 Å². The molecule has 1 aliphatic heterocycles. The number of carbonyl (C=O) groups is 1. The molecular formula is C22H14ClFO3. The lowest BCUT2D eigenvalue weighted by atomic mass is 10.1. The average molecular weight is 381 g/mol. The molecule has 0 bridgehead atoms. The fraction of sp³-hybridized carbons (Fsp3) is 0.0455. The Morgan fingerprint density at radius 2 is 1.85 bits per heavy atom. The average Bonchev–Trinajstić information content (AvgIpc) is 2.97. The van der Waals surface area contributed by atoms with E-state index in [9.17, 15) is 9.18 Å². The van der Waals surface area contributed by atoms with Crippen molar-refractivity contribution in [1.82, 2.24) is 0 Å². The molecule has 3 aromatic rings. The molecule has 3 aromatic carbocycles. The van der Waals surface area contributed by atoms with Crippen molar-refractivity contribution in [1.29, 1.82) is 0 Å². The normalized spacial score (nSPS) is 14.1. The van der Waals surface area contributed by atoms with Crippen LogP contribution < -0.4 is 9.47 Å². The Labute approximate surface area is 160 Å². The van der Waals surface area contributed by atoms with Gasteiger partial charge in [-0.2, -0.15) is 0 Å². The van der Waals surface area contributed by atoms with Gasteiger partial charge in [-0.1, -0.05) is 35.9 Å². The Kier molecular flexibility index (Phi) is 4.65. The van der Waals surface area contributed by atoms with Crippen LogP contribution in [0.25, 0.3) is 6.08 Å². The summed E-state index contributed by atoms with van der Waals surface area (Å²) in [5.74, 6) is 0.734. The van der Waals surface area contributed by atoms with E-state index in [0.717, 1.165) is 11.1 Å². The second-order valence-electron chi connectivity index (χ2n) is 6.07. The third kappa shape index (κ3) is 3.86. The lowest BCUT2D eigenvalue weighted by molar-refractivity contribution is 0.101. The van der Waals surface area contributed by atoms with Gasteiger partial charge in [0.25, 0.3) is 0 Å². The summed E-state index contributed by atoms with van der Waals surface area (Å²) in [6.07, 6.45) is 1.67. The molecule has 0 aromatic heterocycles. The molecular weight excluding hydrogens is 367 g/mol. The topological polar surface area (TPSA) is 35.5 Å². The predicted molar refractivity (Wildman–Crippen MR) is 102 cm³/mol. The maximum absolute atomic E-state index is 13.2. The zero-order valence-electron chi connectivity index (χ0n) is 14.1. The van der Waals surface area contributed by atoms with Crippen LogP contribution in [-0.2, 0) is 6.61 Å². The van der Waals surface area contributed by atoms with Crippen LogP contribution in [0.3, 0.4) is 0 Å². The summed E-state index contributed by atoms with van der Waals surface area (Å²) < 4.78 is 24.6. The first kappa shape index (κ1) is 17.3. The number of ether oxygens (including phenoxy) is 2. The van der Waals surface area contributed by atoms with E-state index in [0.29, 0.717) is 22.1 Å². The number of rotatable bonds is 4. The summed E-state index contributed by atoms with van der Waals surface area (Å²) in [5.41, 5.74) is 2.02. The smallest absolute Gasteiger partial charge is 0.231 e. The zero-order chi connectivity index (χ0) is 18.8. The second-order valence-corrected chi connectivity index (χ2v) is 6.50. The highest BCUT2D eigenvalue weighted by Gasteiger charge is 2.27. The van der Waals surface area contributed by atoms with Gasteiger partial charge in [0.1, 0.15) is 23.9 Å². The SMILES string of the molecule is O=C1/C(=C/c2ccc(Cl)cc2)Oc2cc(OCc3cccc(F)c3)ccc21. The van der Waals surface area contributed by atoms with Gasteiger partial charge < -0.3 is 9.47 Å². The van der Waals surface area contributed by atoms with Crippen LogP contribution in [0.15, 0.2) is 72.5 Å². The quantitative estimate of drug-likeness (QED) is 0.547. The maximum Gasteiger partial charge on any atom is 0.231 e. The molecule has 1 aliphatic rings. The van der Waals surface area contributed by atoms with Crippen LogP contribution in [0.1, 0.15) is 21.5 Å². The van der Waals surface area contributed by atoms with E-state index < -0.39 is 0 Å². The number of carbonyl (C=O) groups excluding carboxylic acids is 1. The number of benzene rings is 3. The Bertz CT molecular complexity index is 1040. The first-order valence-corrected chi connectivity index (χ1v) is 8.67. The zero-order valence-corrected chi connectivity index (χ0v) is 14.9. The van der Waals surface area contributed by atoms with E-state index in [4.69, 9.17) is 21.1 Å². The lowest BCUT2D eigenvalue weighted by Gasteiger charge is -2.07. The summed E-state index contributed by atoms with van der Waals surface area (Å²) >= 11 is 5.88. The number of fused-ring (bicyclic) bond motifs is 1. The molecule has 0 radical (unpaired) electrons. The molecule has 0 aliphatic carbocycles. The highest BCUT2D eigenvalue weighted by molar-refractivity contribution is 6.30. The standard InChI is InChI=1S/C22H14ClFO3/c23-16-6-4-14(5-7-16)11-21-22(25)19-9-8-18(12-20(19)27-21)26-13-15-2-1-3-17(24)10-15/h1-12H,13H2/b21-11-. The van der Waals surface area contributed by atoms with Gasteiger partial charge in [0, 0.05) is 11.1 Å². The van der Waals surface area contributed by atoms with Crippen molar-refractivity contribution >= 4 is 23.5 Å². The minimum atomic E-state index is -0.309. The van der Waals surface area contributed by atoms with Crippen molar-refractivity contribution in [2.45, 2.75) is 6.61 Å². The van der Waals surface area contributed by atoms with E-state index in [1.807, 2.05) is 12.1 Å². The molecule has 0 saturated heterocycles. The highest BCUT2D eigenvalue weighted by atomic mass is 35.5. The molecule has 4 rings (SSSR count). The van der Waals surface area contributed by atoms with E-state index in [2.05, 4.69) is 0 Å². The van der Waals surface area contributed by atoms with Gasteiger partial charge in [0.05, 0.1) is 5.56 Å². The summed E-state index contributed by atoms with van der Waals surface area (Å²) in [6, 6.07) is 18.4. The number of hydrogen-bond donors (Lipinski definition) is 0. The molecule has 27 heavy (non-hydrogen) atoms. The fourth-order valence-electron chi connectivity index (χ4n) is 2.76. The third-order valence-corrected chi connectivity index (χ3v) is 4.36. The van der Waals surface area contributed by atoms with Crippen molar-refractivity contribution in [2.75, 3.05) is 0 Å². The van der Waals surface area contributed by atoms with Gasteiger partial charge in [-0.3, -0.25) is 4.79 Å². The van der Waals surface area contributed by atoms with Gasteiger partial charge >= 0.3 is 0 Å². The van der Waals surface area contributed by atoms with Crippen molar-refractivity contribution in [3.8, 4) is 11.5 Å². The molecule has 0 saturated carbocycles. The minimum absolute atomic E-state index is 0.184. The lowest BCUT2D eigenvalue weighted by Crippen LogP contribution is -1.98. The molecule has 134 valence electrons. The van der Waals surface area contributed by atoms with Crippen LogP contribution in [0.4, 0.5) is 4.39 Å². The molecule has 0 N–H and O–H groups in total. The highest BCUT2D eigenvalue weighted by Crippen LogP contribution is 2.35. The number of Topliss-reactive ketones (excluding diaryl/α,β-unsaturated/α-hetero) is 1. The predicted octanol–water partition coefficient (Wildman–Crippen LogP) is 5.67. The summed E-state index contributed by atoms with van der Waals surface area (Å²) in [5, 5.41) is 0.624. The Hall–Kier alpha value is -3.11. The van der Waals surface area contributed by atoms with Crippen molar-refractivity contribution in [3.05, 3.63) is 100 Å². The van der Waals surface area contributed by atoms with Gasteiger partial charge in [-0.15, -0.1) is 0 Å². The number of halogens is 2. The minimum Gasteiger partial charge on any atom is -0.489 e. The molecule has 0 atom stereocenters. The maximum atomic E-state index is 13.2.